The Morgan fingerprint density at radius 2 is 1.81 bits per heavy atom. The van der Waals surface area contributed by atoms with E-state index in [9.17, 15) is 0 Å². The summed E-state index contributed by atoms with van der Waals surface area (Å²) in [6.07, 6.45) is 5.22. The zero-order valence-electron chi connectivity index (χ0n) is 19.7. The second-order valence-electron chi connectivity index (χ2n) is 10.1. The highest BCUT2D eigenvalue weighted by Gasteiger charge is 2.31. The summed E-state index contributed by atoms with van der Waals surface area (Å²) in [4.78, 5) is 5.27. The van der Waals surface area contributed by atoms with Gasteiger partial charge in [-0.15, -0.1) is 0 Å². The van der Waals surface area contributed by atoms with Crippen molar-refractivity contribution in [2.24, 2.45) is 5.92 Å². The lowest BCUT2D eigenvalue weighted by Crippen LogP contribution is -2.46. The minimum Gasteiger partial charge on any atom is -0.379 e. The molecule has 172 valence electrons. The van der Waals surface area contributed by atoms with E-state index in [1.54, 1.807) is 11.1 Å². The molecule has 0 saturated carbocycles. The molecule has 0 spiro atoms. The summed E-state index contributed by atoms with van der Waals surface area (Å²) in [5.74, 6) is 0.809. The van der Waals surface area contributed by atoms with Crippen LogP contribution in [0.3, 0.4) is 0 Å². The highest BCUT2D eigenvalue weighted by Crippen LogP contribution is 2.33. The van der Waals surface area contributed by atoms with Crippen LogP contribution in [0.4, 0.5) is 0 Å². The van der Waals surface area contributed by atoms with Crippen LogP contribution < -0.4 is 5.32 Å². The van der Waals surface area contributed by atoms with E-state index in [4.69, 9.17) is 4.74 Å². The van der Waals surface area contributed by atoms with E-state index in [1.807, 2.05) is 0 Å². The molecule has 2 aromatic rings. The van der Waals surface area contributed by atoms with E-state index in [2.05, 4.69) is 64.5 Å². The maximum atomic E-state index is 5.44. The van der Waals surface area contributed by atoms with Gasteiger partial charge in [0, 0.05) is 51.9 Å². The van der Waals surface area contributed by atoms with E-state index in [-0.39, 0.29) is 0 Å². The highest BCUT2D eigenvalue weighted by molar-refractivity contribution is 5.32. The van der Waals surface area contributed by atoms with E-state index >= 15 is 0 Å². The molecule has 2 bridgehead atoms. The second kappa shape index (κ2) is 10.5. The Bertz CT molecular complexity index is 892. The Kier molecular flexibility index (Phi) is 7.23. The first kappa shape index (κ1) is 22.1. The second-order valence-corrected chi connectivity index (χ2v) is 10.1. The van der Waals surface area contributed by atoms with Crippen LogP contribution in [0.15, 0.2) is 42.5 Å². The van der Waals surface area contributed by atoms with Gasteiger partial charge in [0.05, 0.1) is 13.2 Å². The minimum absolute atomic E-state index is 0.689. The molecule has 0 amide bonds. The number of benzene rings is 2. The Labute approximate surface area is 193 Å². The third-order valence-corrected chi connectivity index (χ3v) is 7.82. The summed E-state index contributed by atoms with van der Waals surface area (Å²) in [6, 6.07) is 17.0. The summed E-state index contributed by atoms with van der Waals surface area (Å²) in [6.45, 7) is 11.6. The summed E-state index contributed by atoms with van der Waals surface area (Å²) < 4.78 is 5.44. The lowest BCUT2D eigenvalue weighted by atomic mass is 9.80. The van der Waals surface area contributed by atoms with Crippen molar-refractivity contribution in [1.29, 1.82) is 0 Å². The smallest absolute Gasteiger partial charge is 0.0594 e. The van der Waals surface area contributed by atoms with Gasteiger partial charge in [-0.05, 0) is 66.3 Å². The maximum absolute atomic E-state index is 5.44. The fourth-order valence-electron chi connectivity index (χ4n) is 5.87. The third-order valence-electron chi connectivity index (χ3n) is 7.82. The fourth-order valence-corrected chi connectivity index (χ4v) is 5.87. The molecule has 32 heavy (non-hydrogen) atoms. The summed E-state index contributed by atoms with van der Waals surface area (Å²) in [5.41, 5.74) is 7.51. The van der Waals surface area contributed by atoms with Crippen molar-refractivity contribution >= 4 is 0 Å². The van der Waals surface area contributed by atoms with Gasteiger partial charge >= 0.3 is 0 Å². The number of hydrogen-bond acceptors (Lipinski definition) is 4. The Hall–Kier alpha value is -1.72. The molecule has 1 aliphatic carbocycles. The molecule has 6 rings (SSSR count). The van der Waals surface area contributed by atoms with Gasteiger partial charge in [0.1, 0.15) is 0 Å². The molecule has 2 saturated heterocycles. The Morgan fingerprint density at radius 3 is 2.62 bits per heavy atom. The van der Waals surface area contributed by atoms with Crippen LogP contribution in [-0.2, 0) is 30.7 Å². The number of rotatable bonds is 7. The van der Waals surface area contributed by atoms with Crippen molar-refractivity contribution in [2.45, 2.75) is 51.7 Å². The Morgan fingerprint density at radius 1 is 1.00 bits per heavy atom. The van der Waals surface area contributed by atoms with E-state index in [0.29, 0.717) is 6.04 Å². The number of nitrogens with one attached hydrogen (secondary N) is 1. The number of hydrogen-bond donors (Lipinski definition) is 1. The first-order valence-corrected chi connectivity index (χ1v) is 12.6. The summed E-state index contributed by atoms with van der Waals surface area (Å²) >= 11 is 0. The van der Waals surface area contributed by atoms with Gasteiger partial charge in [-0.25, -0.2) is 0 Å². The van der Waals surface area contributed by atoms with Crippen molar-refractivity contribution < 1.29 is 4.74 Å². The zero-order valence-corrected chi connectivity index (χ0v) is 19.7. The first-order valence-electron chi connectivity index (χ1n) is 12.6. The molecular formula is C28H39N3O. The van der Waals surface area contributed by atoms with E-state index in [1.165, 1.54) is 48.9 Å². The molecule has 3 heterocycles. The lowest BCUT2D eigenvalue weighted by Gasteiger charge is -2.42. The quantitative estimate of drug-likeness (QED) is 0.673. The molecule has 4 aliphatic rings. The van der Waals surface area contributed by atoms with Gasteiger partial charge in [0.2, 0.25) is 0 Å². The van der Waals surface area contributed by atoms with Crippen LogP contribution in [0.5, 0.6) is 0 Å². The van der Waals surface area contributed by atoms with Gasteiger partial charge in [-0.1, -0.05) is 42.5 Å². The van der Waals surface area contributed by atoms with Gasteiger partial charge in [-0.2, -0.15) is 0 Å². The van der Waals surface area contributed by atoms with Crippen molar-refractivity contribution in [2.75, 3.05) is 45.9 Å². The third kappa shape index (κ3) is 5.43. The standard InChI is InChI=1S/C28H39N3O/c1-22-16-23(6-8-27(22)19-29-10-11-30-12-14-32-15-13-30)20-31-21-24-7-9-28(31)18-26-5-3-2-4-25(26)17-24/h2-6,8,16,24,28-29H,7,9-15,17-21H2,1H3. The first-order chi connectivity index (χ1) is 15.7. The predicted molar refractivity (Wildman–Crippen MR) is 131 cm³/mol. The van der Waals surface area contributed by atoms with Crippen LogP contribution in [0.25, 0.3) is 0 Å². The molecule has 2 aromatic carbocycles. The van der Waals surface area contributed by atoms with E-state index < -0.39 is 0 Å². The van der Waals surface area contributed by atoms with Gasteiger partial charge in [-0.3, -0.25) is 9.80 Å². The normalized spacial score (nSPS) is 24.2. The van der Waals surface area contributed by atoms with E-state index in [0.717, 1.165) is 58.4 Å². The molecule has 0 radical (unpaired) electrons. The minimum atomic E-state index is 0.689. The van der Waals surface area contributed by atoms with Crippen molar-refractivity contribution in [3.8, 4) is 0 Å². The maximum Gasteiger partial charge on any atom is 0.0594 e. The SMILES string of the molecule is Cc1cc(CN2CC3CCC2Cc2ccccc2C3)ccc1CNCCN1CCOCC1. The predicted octanol–water partition coefficient (Wildman–Crippen LogP) is 3.80. The fraction of sp³-hybridized carbons (Fsp3) is 0.571. The van der Waals surface area contributed by atoms with Crippen molar-refractivity contribution in [1.82, 2.24) is 15.1 Å². The molecule has 3 aliphatic heterocycles. The number of fused-ring (bicyclic) bond motifs is 2. The summed E-state index contributed by atoms with van der Waals surface area (Å²) in [7, 11) is 0. The largest absolute Gasteiger partial charge is 0.379 e. The van der Waals surface area contributed by atoms with Crippen LogP contribution >= 0.6 is 0 Å². The average Bonchev–Trinajstić information content (AvgIpc) is 2.79. The topological polar surface area (TPSA) is 27.7 Å². The number of aryl methyl sites for hydroxylation is 1. The monoisotopic (exact) mass is 433 g/mol. The van der Waals surface area contributed by atoms with Crippen LogP contribution in [-0.4, -0.2) is 61.8 Å². The number of nitrogens with zero attached hydrogens (tertiary/aromatic N) is 2. The van der Waals surface area contributed by atoms with Crippen LogP contribution in [0.1, 0.15) is 40.7 Å². The lowest BCUT2D eigenvalue weighted by molar-refractivity contribution is 0.0384. The Balaban J connectivity index is 1.16. The molecule has 0 aromatic heterocycles. The number of piperidine rings is 1. The molecule has 4 heteroatoms. The van der Waals surface area contributed by atoms with Crippen LogP contribution in [0, 0.1) is 12.8 Å². The molecular weight excluding hydrogens is 394 g/mol. The molecule has 1 N–H and O–H groups in total. The highest BCUT2D eigenvalue weighted by atomic mass is 16.5. The molecule has 2 fully saturated rings. The average molecular weight is 434 g/mol. The van der Waals surface area contributed by atoms with Gasteiger partial charge < -0.3 is 10.1 Å². The van der Waals surface area contributed by atoms with Crippen molar-refractivity contribution in [3.05, 3.63) is 70.3 Å². The molecule has 4 nitrogen and oxygen atoms in total. The van der Waals surface area contributed by atoms with Gasteiger partial charge in [0.25, 0.3) is 0 Å². The van der Waals surface area contributed by atoms with Crippen molar-refractivity contribution in [3.63, 3.8) is 0 Å². The number of ether oxygens (including phenoxy) is 1. The van der Waals surface area contributed by atoms with Crippen LogP contribution in [0.2, 0.25) is 0 Å². The zero-order chi connectivity index (χ0) is 21.8. The molecule has 2 atom stereocenters. The van der Waals surface area contributed by atoms with Gasteiger partial charge in [0.15, 0.2) is 0 Å². The number of morpholine rings is 1. The molecule has 2 unspecified atom stereocenters. The summed E-state index contributed by atoms with van der Waals surface area (Å²) in [5, 5.41) is 3.64.